The molecule has 1 amide bonds. The molecule has 2 bridgehead atoms. The molecule has 3 saturated carbocycles. The van der Waals surface area contributed by atoms with E-state index >= 15 is 0 Å². The summed E-state index contributed by atoms with van der Waals surface area (Å²) < 4.78 is 0. The Kier molecular flexibility index (Phi) is 7.01. The van der Waals surface area contributed by atoms with Crippen LogP contribution < -0.4 is 11.1 Å². The minimum atomic E-state index is 0. The van der Waals surface area contributed by atoms with Gasteiger partial charge >= 0.3 is 0 Å². The highest BCUT2D eigenvalue weighted by Gasteiger charge is 2.40. The van der Waals surface area contributed by atoms with Crippen molar-refractivity contribution in [1.82, 2.24) is 5.32 Å². The van der Waals surface area contributed by atoms with Crippen LogP contribution in [0.25, 0.3) is 0 Å². The maximum absolute atomic E-state index is 12.7. The van der Waals surface area contributed by atoms with E-state index in [-0.39, 0.29) is 18.3 Å². The summed E-state index contributed by atoms with van der Waals surface area (Å²) >= 11 is 0. The van der Waals surface area contributed by atoms with Crippen molar-refractivity contribution < 1.29 is 4.79 Å². The molecule has 3 nitrogen and oxygen atoms in total. The molecule has 128 valence electrons. The van der Waals surface area contributed by atoms with Crippen LogP contribution in [0.4, 0.5) is 0 Å². The van der Waals surface area contributed by atoms with Crippen LogP contribution in [-0.2, 0) is 4.79 Å². The largest absolute Gasteiger partial charge is 0.353 e. The van der Waals surface area contributed by atoms with E-state index in [0.717, 1.165) is 12.8 Å². The van der Waals surface area contributed by atoms with Gasteiger partial charge in [-0.1, -0.05) is 38.5 Å². The fourth-order valence-electron chi connectivity index (χ4n) is 4.92. The van der Waals surface area contributed by atoms with Crippen molar-refractivity contribution >= 4 is 18.3 Å². The van der Waals surface area contributed by atoms with Crippen LogP contribution in [0, 0.1) is 17.8 Å². The van der Waals surface area contributed by atoms with Crippen LogP contribution in [0.5, 0.6) is 0 Å². The highest BCUT2D eigenvalue weighted by molar-refractivity contribution is 5.85. The summed E-state index contributed by atoms with van der Waals surface area (Å²) in [6, 6.07) is 0.803. The Labute approximate surface area is 141 Å². The lowest BCUT2D eigenvalue weighted by Crippen LogP contribution is -2.50. The van der Waals surface area contributed by atoms with E-state index in [2.05, 4.69) is 5.32 Å². The number of carbonyl (C=O) groups excluding carboxylic acids is 1. The van der Waals surface area contributed by atoms with Gasteiger partial charge in [0.1, 0.15) is 0 Å². The van der Waals surface area contributed by atoms with E-state index in [0.29, 0.717) is 29.8 Å². The monoisotopic (exact) mass is 328 g/mol. The number of carbonyl (C=O) groups is 1. The van der Waals surface area contributed by atoms with Crippen molar-refractivity contribution in [1.29, 1.82) is 0 Å². The van der Waals surface area contributed by atoms with Gasteiger partial charge < -0.3 is 11.1 Å². The van der Waals surface area contributed by atoms with Gasteiger partial charge in [0.25, 0.3) is 0 Å². The second-order valence-corrected chi connectivity index (χ2v) is 7.75. The molecule has 2 unspecified atom stereocenters. The summed E-state index contributed by atoms with van der Waals surface area (Å²) in [7, 11) is 0. The number of nitrogens with one attached hydrogen (secondary N) is 1. The Morgan fingerprint density at radius 3 is 1.95 bits per heavy atom. The topological polar surface area (TPSA) is 55.1 Å². The molecule has 2 atom stereocenters. The van der Waals surface area contributed by atoms with Crippen LogP contribution in [0.15, 0.2) is 0 Å². The van der Waals surface area contributed by atoms with Crippen LogP contribution in [-0.4, -0.2) is 18.0 Å². The summed E-state index contributed by atoms with van der Waals surface area (Å²) in [5, 5.41) is 3.38. The Balaban J connectivity index is 0.00000176. The van der Waals surface area contributed by atoms with E-state index in [1.807, 2.05) is 0 Å². The normalized spacial score (nSPS) is 36.6. The lowest BCUT2D eigenvalue weighted by atomic mass is 9.65. The third kappa shape index (κ3) is 4.38. The van der Waals surface area contributed by atoms with Crippen molar-refractivity contribution in [3.8, 4) is 0 Å². The van der Waals surface area contributed by atoms with Crippen molar-refractivity contribution in [2.75, 3.05) is 0 Å². The first-order chi connectivity index (χ1) is 10.2. The molecule has 0 radical (unpaired) electrons. The van der Waals surface area contributed by atoms with Crippen molar-refractivity contribution in [2.24, 2.45) is 23.5 Å². The fraction of sp³-hybridized carbons (Fsp3) is 0.944. The summed E-state index contributed by atoms with van der Waals surface area (Å²) in [5.41, 5.74) is 6.34. The molecule has 0 aromatic heterocycles. The zero-order valence-corrected chi connectivity index (χ0v) is 14.6. The second kappa shape index (κ2) is 8.54. The molecule has 0 aromatic carbocycles. The molecule has 3 fully saturated rings. The molecule has 3 aliphatic carbocycles. The first kappa shape index (κ1) is 18.1. The molecular formula is C18H33ClN2O. The summed E-state index contributed by atoms with van der Waals surface area (Å²) in [5.74, 6) is 1.78. The Morgan fingerprint density at radius 1 is 0.818 bits per heavy atom. The molecule has 4 heteroatoms. The average molecular weight is 329 g/mol. The molecule has 0 saturated heterocycles. The predicted octanol–water partition coefficient (Wildman–Crippen LogP) is 3.79. The van der Waals surface area contributed by atoms with Gasteiger partial charge in [0.05, 0.1) is 0 Å². The van der Waals surface area contributed by atoms with E-state index < -0.39 is 0 Å². The van der Waals surface area contributed by atoms with E-state index in [1.165, 1.54) is 64.2 Å². The highest BCUT2D eigenvalue weighted by atomic mass is 35.5. The number of nitrogens with two attached hydrogens (primary N) is 1. The summed E-state index contributed by atoms with van der Waals surface area (Å²) in [6.07, 6.45) is 14.9. The molecule has 0 aromatic rings. The standard InChI is InChI=1S/C18H32N2O.ClH/c19-17-13-7-6-8-14(17)12-15(11-13)18(21)20-16-9-4-2-1-3-5-10-16;/h13-17H,1-12,19H2,(H,20,21);1H. The quantitative estimate of drug-likeness (QED) is 0.810. The second-order valence-electron chi connectivity index (χ2n) is 7.75. The SMILES string of the molecule is Cl.NC1C2CCCC1CC(C(=O)NC1CCCCCCC1)C2. The third-order valence-electron chi connectivity index (χ3n) is 6.24. The molecule has 0 aliphatic heterocycles. The van der Waals surface area contributed by atoms with Crippen LogP contribution >= 0.6 is 12.4 Å². The first-order valence-electron chi connectivity index (χ1n) is 9.30. The number of hydrogen-bond donors (Lipinski definition) is 2. The molecule has 22 heavy (non-hydrogen) atoms. The minimum Gasteiger partial charge on any atom is -0.353 e. The van der Waals surface area contributed by atoms with E-state index in [4.69, 9.17) is 5.73 Å². The van der Waals surface area contributed by atoms with Gasteiger partial charge in [-0.25, -0.2) is 0 Å². The lowest BCUT2D eigenvalue weighted by molar-refractivity contribution is -0.128. The smallest absolute Gasteiger partial charge is 0.223 e. The summed E-state index contributed by atoms with van der Waals surface area (Å²) in [6.45, 7) is 0. The van der Waals surface area contributed by atoms with Crippen LogP contribution in [0.3, 0.4) is 0 Å². The van der Waals surface area contributed by atoms with Gasteiger partial charge in [0, 0.05) is 18.0 Å². The minimum absolute atomic E-state index is 0. The Morgan fingerprint density at radius 2 is 1.36 bits per heavy atom. The molecule has 0 heterocycles. The zero-order valence-electron chi connectivity index (χ0n) is 13.8. The molecule has 3 N–H and O–H groups in total. The number of fused-ring (bicyclic) bond motifs is 2. The van der Waals surface area contributed by atoms with E-state index in [9.17, 15) is 4.79 Å². The van der Waals surface area contributed by atoms with E-state index in [1.54, 1.807) is 0 Å². The van der Waals surface area contributed by atoms with Gasteiger partial charge in [0.15, 0.2) is 0 Å². The molecule has 0 spiro atoms. The Hall–Kier alpha value is -0.280. The maximum atomic E-state index is 12.7. The van der Waals surface area contributed by atoms with Gasteiger partial charge in [-0.2, -0.15) is 0 Å². The highest BCUT2D eigenvalue weighted by Crippen LogP contribution is 2.42. The van der Waals surface area contributed by atoms with Gasteiger partial charge in [0.2, 0.25) is 5.91 Å². The fourth-order valence-corrected chi connectivity index (χ4v) is 4.92. The van der Waals surface area contributed by atoms with Crippen LogP contribution in [0.1, 0.15) is 77.0 Å². The molecular weight excluding hydrogens is 296 g/mol. The zero-order chi connectivity index (χ0) is 14.7. The number of rotatable bonds is 2. The summed E-state index contributed by atoms with van der Waals surface area (Å²) in [4.78, 5) is 12.7. The predicted molar refractivity (Wildman–Crippen MR) is 93.0 cm³/mol. The maximum Gasteiger partial charge on any atom is 0.223 e. The Bertz CT molecular complexity index is 341. The van der Waals surface area contributed by atoms with Gasteiger partial charge in [-0.15, -0.1) is 12.4 Å². The number of halogens is 1. The molecule has 3 rings (SSSR count). The lowest BCUT2D eigenvalue weighted by Gasteiger charge is -2.43. The first-order valence-corrected chi connectivity index (χ1v) is 9.30. The molecule has 3 aliphatic rings. The van der Waals surface area contributed by atoms with Crippen molar-refractivity contribution in [3.05, 3.63) is 0 Å². The third-order valence-corrected chi connectivity index (χ3v) is 6.24. The average Bonchev–Trinajstić information content (AvgIpc) is 2.41. The van der Waals surface area contributed by atoms with Gasteiger partial charge in [-0.3, -0.25) is 4.79 Å². The number of amides is 1. The van der Waals surface area contributed by atoms with Crippen molar-refractivity contribution in [2.45, 2.75) is 89.1 Å². The van der Waals surface area contributed by atoms with Crippen molar-refractivity contribution in [3.63, 3.8) is 0 Å². The van der Waals surface area contributed by atoms with Crippen LogP contribution in [0.2, 0.25) is 0 Å². The van der Waals surface area contributed by atoms with Gasteiger partial charge in [-0.05, 0) is 50.4 Å². The number of hydrogen-bond acceptors (Lipinski definition) is 2.